The van der Waals surface area contributed by atoms with Gasteiger partial charge in [0.1, 0.15) is 5.75 Å². The van der Waals surface area contributed by atoms with E-state index in [4.69, 9.17) is 21.1 Å². The third-order valence-electron chi connectivity index (χ3n) is 4.20. The number of ether oxygens (including phenoxy) is 2. The molecule has 1 aromatic rings. The Morgan fingerprint density at radius 1 is 1.33 bits per heavy atom. The van der Waals surface area contributed by atoms with Gasteiger partial charge in [0.2, 0.25) is 5.91 Å². The number of hydrogen-bond acceptors (Lipinski definition) is 4. The van der Waals surface area contributed by atoms with Crippen molar-refractivity contribution in [3.05, 3.63) is 29.3 Å². The van der Waals surface area contributed by atoms with Crippen molar-refractivity contribution < 1.29 is 14.3 Å². The van der Waals surface area contributed by atoms with Crippen LogP contribution >= 0.6 is 24.0 Å². The zero-order valence-corrected chi connectivity index (χ0v) is 15.5. The van der Waals surface area contributed by atoms with Gasteiger partial charge < -0.3 is 20.1 Å². The molecule has 0 saturated carbocycles. The minimum atomic E-state index is -0.00827. The van der Waals surface area contributed by atoms with Crippen molar-refractivity contribution in [2.75, 3.05) is 40.0 Å². The molecule has 0 radical (unpaired) electrons. The van der Waals surface area contributed by atoms with E-state index in [-0.39, 0.29) is 23.7 Å². The zero-order valence-electron chi connectivity index (χ0n) is 14.0. The molecule has 0 atom stereocenters. The maximum atomic E-state index is 12.0. The first-order valence-corrected chi connectivity index (χ1v) is 8.37. The molecule has 24 heavy (non-hydrogen) atoms. The second kappa shape index (κ2) is 10.8. The van der Waals surface area contributed by atoms with Crippen molar-refractivity contribution in [2.24, 2.45) is 5.41 Å². The summed E-state index contributed by atoms with van der Waals surface area (Å²) in [6.07, 6.45) is 2.33. The van der Waals surface area contributed by atoms with Crippen LogP contribution in [-0.2, 0) is 9.53 Å². The van der Waals surface area contributed by atoms with E-state index in [1.807, 2.05) is 12.1 Å². The Kier molecular flexibility index (Phi) is 9.44. The van der Waals surface area contributed by atoms with Gasteiger partial charge in [-0.1, -0.05) is 23.7 Å². The van der Waals surface area contributed by atoms with Gasteiger partial charge in [-0.05, 0) is 38.1 Å². The Bertz CT molecular complexity index is 503. The van der Waals surface area contributed by atoms with Crippen molar-refractivity contribution in [3.8, 4) is 5.75 Å². The summed E-state index contributed by atoms with van der Waals surface area (Å²) in [4.78, 5) is 12.0. The van der Waals surface area contributed by atoms with Crippen LogP contribution in [0.1, 0.15) is 19.3 Å². The molecule has 1 amide bonds. The van der Waals surface area contributed by atoms with Crippen molar-refractivity contribution in [1.29, 1.82) is 0 Å². The first kappa shape index (κ1) is 21.0. The van der Waals surface area contributed by atoms with Crippen molar-refractivity contribution in [2.45, 2.75) is 19.3 Å². The molecule has 0 spiro atoms. The number of halogens is 2. The van der Waals surface area contributed by atoms with Gasteiger partial charge in [-0.2, -0.15) is 0 Å². The quantitative estimate of drug-likeness (QED) is 0.731. The van der Waals surface area contributed by atoms with Crippen LogP contribution in [-0.4, -0.2) is 45.9 Å². The number of piperidine rings is 1. The summed E-state index contributed by atoms with van der Waals surface area (Å²) in [5, 5.41) is 6.92. The summed E-state index contributed by atoms with van der Waals surface area (Å²) < 4.78 is 10.9. The molecule has 1 aliphatic rings. The van der Waals surface area contributed by atoms with Crippen LogP contribution < -0.4 is 15.4 Å². The van der Waals surface area contributed by atoms with Crippen LogP contribution in [0.15, 0.2) is 24.3 Å². The molecule has 2 N–H and O–H groups in total. The average Bonchev–Trinajstić information content (AvgIpc) is 2.56. The van der Waals surface area contributed by atoms with E-state index in [2.05, 4.69) is 10.6 Å². The molecule has 136 valence electrons. The maximum Gasteiger partial charge on any atom is 0.223 e. The monoisotopic (exact) mass is 376 g/mol. The largest absolute Gasteiger partial charge is 0.491 e. The molecule has 1 saturated heterocycles. The highest BCUT2D eigenvalue weighted by Gasteiger charge is 2.32. The molecule has 1 aromatic carbocycles. The third kappa shape index (κ3) is 6.48. The Labute approximate surface area is 154 Å². The minimum Gasteiger partial charge on any atom is -0.491 e. The number of para-hydroxylation sites is 1. The number of carbonyl (C=O) groups excluding carboxylic acids is 1. The van der Waals surface area contributed by atoms with Gasteiger partial charge >= 0.3 is 0 Å². The molecule has 0 bridgehead atoms. The molecule has 7 heteroatoms. The lowest BCUT2D eigenvalue weighted by molar-refractivity contribution is -0.122. The fraction of sp³-hybridized carbons (Fsp3) is 0.588. The van der Waals surface area contributed by atoms with Crippen molar-refractivity contribution in [3.63, 3.8) is 0 Å². The normalized spacial score (nSPS) is 16.1. The standard InChI is InChI=1S/C17H25ClN2O3.ClH/c1-22-13-17(7-9-19-10-8-17)12-20-16(21)6-11-23-15-5-3-2-4-14(15)18;/h2-5,19H,6-13H2,1H3,(H,20,21);1H. The lowest BCUT2D eigenvalue weighted by Crippen LogP contribution is -2.47. The zero-order chi connectivity index (χ0) is 16.5. The molecule has 0 aromatic heterocycles. The van der Waals surface area contributed by atoms with Crippen molar-refractivity contribution >= 4 is 29.9 Å². The summed E-state index contributed by atoms with van der Waals surface area (Å²) in [6.45, 7) is 3.57. The molecule has 2 rings (SSSR count). The van der Waals surface area contributed by atoms with E-state index in [1.54, 1.807) is 19.2 Å². The van der Waals surface area contributed by atoms with Gasteiger partial charge in [-0.25, -0.2) is 0 Å². The average molecular weight is 377 g/mol. The highest BCUT2D eigenvalue weighted by atomic mass is 35.5. The highest BCUT2D eigenvalue weighted by Crippen LogP contribution is 2.28. The van der Waals surface area contributed by atoms with Gasteiger partial charge in [0, 0.05) is 19.1 Å². The third-order valence-corrected chi connectivity index (χ3v) is 4.51. The van der Waals surface area contributed by atoms with Gasteiger partial charge in [0.25, 0.3) is 0 Å². The predicted octanol–water partition coefficient (Wildman–Crippen LogP) is 2.66. The molecule has 5 nitrogen and oxygen atoms in total. The Hall–Kier alpha value is -1.01. The topological polar surface area (TPSA) is 59.6 Å². The molecule has 0 aliphatic carbocycles. The van der Waals surface area contributed by atoms with Gasteiger partial charge in [-0.15, -0.1) is 12.4 Å². The summed E-state index contributed by atoms with van der Waals surface area (Å²) >= 11 is 6.01. The van der Waals surface area contributed by atoms with Crippen LogP contribution in [0.2, 0.25) is 5.02 Å². The van der Waals surface area contributed by atoms with E-state index >= 15 is 0 Å². The molecule has 1 heterocycles. The lowest BCUT2D eigenvalue weighted by atomic mass is 9.79. The second-order valence-electron chi connectivity index (χ2n) is 5.99. The number of amides is 1. The van der Waals surface area contributed by atoms with Crippen LogP contribution in [0.5, 0.6) is 5.75 Å². The van der Waals surface area contributed by atoms with Crippen LogP contribution in [0.25, 0.3) is 0 Å². The van der Waals surface area contributed by atoms with Gasteiger partial charge in [0.05, 0.1) is 24.7 Å². The molecule has 1 fully saturated rings. The molecular formula is C17H26Cl2N2O3. The summed E-state index contributed by atoms with van der Waals surface area (Å²) in [7, 11) is 1.71. The number of benzene rings is 1. The lowest BCUT2D eigenvalue weighted by Gasteiger charge is -2.37. The van der Waals surface area contributed by atoms with Gasteiger partial charge in [-0.3, -0.25) is 4.79 Å². The van der Waals surface area contributed by atoms with E-state index < -0.39 is 0 Å². The SMILES string of the molecule is COCC1(CNC(=O)CCOc2ccccc2Cl)CCNCC1.Cl. The summed E-state index contributed by atoms with van der Waals surface area (Å²) in [5.41, 5.74) is 0.0409. The summed E-state index contributed by atoms with van der Waals surface area (Å²) in [6, 6.07) is 7.26. The molecular weight excluding hydrogens is 351 g/mol. The van der Waals surface area contributed by atoms with E-state index in [0.29, 0.717) is 37.0 Å². The number of hydrogen-bond donors (Lipinski definition) is 2. The summed E-state index contributed by atoms with van der Waals surface area (Å²) in [5.74, 6) is 0.599. The Morgan fingerprint density at radius 3 is 2.71 bits per heavy atom. The predicted molar refractivity (Wildman–Crippen MR) is 98.2 cm³/mol. The number of carbonyl (C=O) groups is 1. The van der Waals surface area contributed by atoms with E-state index in [0.717, 1.165) is 25.9 Å². The number of methoxy groups -OCH3 is 1. The Balaban J connectivity index is 0.00000288. The van der Waals surface area contributed by atoms with Crippen LogP contribution in [0.3, 0.4) is 0 Å². The van der Waals surface area contributed by atoms with Crippen LogP contribution in [0.4, 0.5) is 0 Å². The first-order chi connectivity index (χ1) is 11.2. The van der Waals surface area contributed by atoms with Crippen molar-refractivity contribution in [1.82, 2.24) is 10.6 Å². The maximum absolute atomic E-state index is 12.0. The van der Waals surface area contributed by atoms with E-state index in [9.17, 15) is 4.79 Å². The van der Waals surface area contributed by atoms with Gasteiger partial charge in [0.15, 0.2) is 0 Å². The molecule has 0 unspecified atom stereocenters. The fourth-order valence-corrected chi connectivity index (χ4v) is 3.02. The minimum absolute atomic E-state index is 0. The van der Waals surface area contributed by atoms with E-state index in [1.165, 1.54) is 0 Å². The van der Waals surface area contributed by atoms with Crippen LogP contribution in [0, 0.1) is 5.41 Å². The highest BCUT2D eigenvalue weighted by molar-refractivity contribution is 6.32. The molecule has 1 aliphatic heterocycles. The first-order valence-electron chi connectivity index (χ1n) is 7.99. The second-order valence-corrected chi connectivity index (χ2v) is 6.40. The number of nitrogens with one attached hydrogen (secondary N) is 2. The Morgan fingerprint density at radius 2 is 2.04 bits per heavy atom. The smallest absolute Gasteiger partial charge is 0.223 e. The fourth-order valence-electron chi connectivity index (χ4n) is 2.83. The number of rotatable bonds is 8.